The van der Waals surface area contributed by atoms with E-state index in [0.717, 1.165) is 25.2 Å². The Morgan fingerprint density at radius 1 is 1.12 bits per heavy atom. The number of fused-ring (bicyclic) bond motifs is 2. The molecule has 0 saturated heterocycles. The molecule has 1 unspecified atom stereocenters. The van der Waals surface area contributed by atoms with Crippen LogP contribution in [-0.4, -0.2) is 33.3 Å². The van der Waals surface area contributed by atoms with E-state index in [2.05, 4.69) is 87.6 Å². The molecule has 2 aromatic carbocycles. The number of H-pyrrole nitrogens is 1. The maximum atomic E-state index is 4.16. The molecule has 4 aromatic rings. The number of nitrogens with zero attached hydrogens (tertiary/aromatic N) is 3. The quantitative estimate of drug-likeness (QED) is 0.611. The van der Waals surface area contributed by atoms with Crippen LogP contribution < -0.4 is 0 Å². The lowest BCUT2D eigenvalue weighted by molar-refractivity contribution is 0.295. The predicted octanol–water partition coefficient (Wildman–Crippen LogP) is 3.99. The summed E-state index contributed by atoms with van der Waals surface area (Å²) in [6.07, 6.45) is 6.12. The zero-order valence-electron chi connectivity index (χ0n) is 14.9. The van der Waals surface area contributed by atoms with Gasteiger partial charge in [0.25, 0.3) is 0 Å². The molecular formula is C22H22N4. The number of nitrogens with one attached hydrogen (secondary N) is 1. The molecule has 0 amide bonds. The molecule has 0 bridgehead atoms. The lowest BCUT2D eigenvalue weighted by Gasteiger charge is -2.33. The average Bonchev–Trinajstić information content (AvgIpc) is 3.31. The number of likely N-dealkylation sites (N-methyl/N-ethyl adjacent to an activating group) is 1. The highest BCUT2D eigenvalue weighted by Gasteiger charge is 2.25. The van der Waals surface area contributed by atoms with Gasteiger partial charge in [0.1, 0.15) is 0 Å². The molecule has 4 nitrogen and oxygen atoms in total. The number of rotatable bonds is 3. The Morgan fingerprint density at radius 3 is 2.88 bits per heavy atom. The van der Waals surface area contributed by atoms with Crippen LogP contribution in [-0.2, 0) is 13.1 Å². The van der Waals surface area contributed by atoms with Gasteiger partial charge >= 0.3 is 0 Å². The highest BCUT2D eigenvalue weighted by atomic mass is 15.1. The molecule has 1 aliphatic rings. The molecule has 1 atom stereocenters. The summed E-state index contributed by atoms with van der Waals surface area (Å²) in [5, 5.41) is 8.42. The van der Waals surface area contributed by atoms with Crippen LogP contribution >= 0.6 is 0 Å². The maximum Gasteiger partial charge on any atom is 0.0653 e. The van der Waals surface area contributed by atoms with Gasteiger partial charge in [-0.1, -0.05) is 30.3 Å². The second kappa shape index (κ2) is 6.15. The number of aromatic nitrogens is 3. The predicted molar refractivity (Wildman–Crippen MR) is 104 cm³/mol. The molecule has 26 heavy (non-hydrogen) atoms. The molecule has 1 N–H and O–H groups in total. The van der Waals surface area contributed by atoms with Crippen LogP contribution in [0.25, 0.3) is 10.9 Å². The molecule has 2 aromatic heterocycles. The van der Waals surface area contributed by atoms with E-state index in [0.29, 0.717) is 5.92 Å². The van der Waals surface area contributed by atoms with Gasteiger partial charge in [0.15, 0.2) is 0 Å². The molecule has 0 fully saturated rings. The summed E-state index contributed by atoms with van der Waals surface area (Å²) in [5.41, 5.74) is 6.73. The molecule has 3 heterocycles. The summed E-state index contributed by atoms with van der Waals surface area (Å²) in [6, 6.07) is 17.8. The largest absolute Gasteiger partial charge is 0.350 e. The van der Waals surface area contributed by atoms with Crippen molar-refractivity contribution in [3.63, 3.8) is 0 Å². The van der Waals surface area contributed by atoms with Crippen molar-refractivity contribution in [1.29, 1.82) is 0 Å². The third-order valence-corrected chi connectivity index (χ3v) is 5.42. The second-order valence-corrected chi connectivity index (χ2v) is 7.35. The van der Waals surface area contributed by atoms with Crippen molar-refractivity contribution in [3.8, 4) is 0 Å². The molecule has 4 heteroatoms. The standard InChI is InChI=1S/C22H22N4/c1-25-14-19-10-16(13-26-8-2-3-9-26)4-7-20(19)21(15-25)17-5-6-18-12-23-24-22(18)11-17/h2-12,21H,13-15H2,1H3,(H,23,24). The Kier molecular flexibility index (Phi) is 3.64. The van der Waals surface area contributed by atoms with E-state index in [9.17, 15) is 0 Å². The van der Waals surface area contributed by atoms with Crippen LogP contribution in [0.4, 0.5) is 0 Å². The summed E-state index contributed by atoms with van der Waals surface area (Å²) < 4.78 is 2.22. The number of aromatic amines is 1. The number of benzene rings is 2. The van der Waals surface area contributed by atoms with Crippen LogP contribution in [0.3, 0.4) is 0 Å². The van der Waals surface area contributed by atoms with Gasteiger partial charge in [-0.05, 0) is 47.5 Å². The third-order valence-electron chi connectivity index (χ3n) is 5.42. The summed E-state index contributed by atoms with van der Waals surface area (Å²) in [7, 11) is 2.21. The lowest BCUT2D eigenvalue weighted by atomic mass is 9.84. The van der Waals surface area contributed by atoms with Crippen LogP contribution in [0.2, 0.25) is 0 Å². The fraction of sp³-hybridized carbons (Fsp3) is 0.227. The Morgan fingerprint density at radius 2 is 2.00 bits per heavy atom. The first kappa shape index (κ1) is 15.4. The first-order chi connectivity index (χ1) is 12.8. The van der Waals surface area contributed by atoms with Crippen LogP contribution in [0.15, 0.2) is 67.1 Å². The molecule has 0 aliphatic carbocycles. The van der Waals surface area contributed by atoms with Gasteiger partial charge in [-0.3, -0.25) is 5.10 Å². The smallest absolute Gasteiger partial charge is 0.0653 e. The van der Waals surface area contributed by atoms with E-state index in [1.165, 1.54) is 27.6 Å². The summed E-state index contributed by atoms with van der Waals surface area (Å²) in [5.74, 6) is 0.400. The SMILES string of the molecule is CN1Cc2cc(Cn3cccc3)ccc2C(c2ccc3cn[nH]c3c2)C1. The van der Waals surface area contributed by atoms with E-state index < -0.39 is 0 Å². The highest BCUT2D eigenvalue weighted by molar-refractivity contribution is 5.78. The minimum atomic E-state index is 0.400. The van der Waals surface area contributed by atoms with Crippen molar-refractivity contribution in [3.05, 3.63) is 89.4 Å². The van der Waals surface area contributed by atoms with Crippen LogP contribution in [0.1, 0.15) is 28.2 Å². The Labute approximate surface area is 153 Å². The summed E-state index contributed by atoms with van der Waals surface area (Å²) >= 11 is 0. The van der Waals surface area contributed by atoms with Gasteiger partial charge in [-0.15, -0.1) is 0 Å². The van der Waals surface area contributed by atoms with E-state index in [1.807, 2.05) is 6.20 Å². The Balaban J connectivity index is 1.52. The summed E-state index contributed by atoms with van der Waals surface area (Å²) in [6.45, 7) is 2.98. The van der Waals surface area contributed by atoms with Crippen molar-refractivity contribution in [2.75, 3.05) is 13.6 Å². The lowest BCUT2D eigenvalue weighted by Crippen LogP contribution is -2.31. The molecule has 130 valence electrons. The van der Waals surface area contributed by atoms with Gasteiger partial charge in [-0.25, -0.2) is 0 Å². The maximum absolute atomic E-state index is 4.16. The van der Waals surface area contributed by atoms with Crippen molar-refractivity contribution in [2.24, 2.45) is 0 Å². The first-order valence-electron chi connectivity index (χ1n) is 9.10. The number of hydrogen-bond acceptors (Lipinski definition) is 2. The fourth-order valence-corrected chi connectivity index (χ4v) is 4.14. The monoisotopic (exact) mass is 342 g/mol. The minimum absolute atomic E-state index is 0.400. The van der Waals surface area contributed by atoms with Gasteiger partial charge in [0.05, 0.1) is 11.7 Å². The van der Waals surface area contributed by atoms with Gasteiger partial charge in [-0.2, -0.15) is 5.10 Å². The molecule has 0 radical (unpaired) electrons. The van der Waals surface area contributed by atoms with Crippen molar-refractivity contribution in [1.82, 2.24) is 19.7 Å². The van der Waals surface area contributed by atoms with E-state index in [-0.39, 0.29) is 0 Å². The van der Waals surface area contributed by atoms with Crippen molar-refractivity contribution >= 4 is 10.9 Å². The van der Waals surface area contributed by atoms with Crippen LogP contribution in [0.5, 0.6) is 0 Å². The van der Waals surface area contributed by atoms with Crippen molar-refractivity contribution < 1.29 is 0 Å². The van der Waals surface area contributed by atoms with E-state index in [1.54, 1.807) is 0 Å². The zero-order valence-corrected chi connectivity index (χ0v) is 14.9. The molecule has 1 aliphatic heterocycles. The molecule has 0 spiro atoms. The molecule has 0 saturated carbocycles. The Hall–Kier alpha value is -2.85. The van der Waals surface area contributed by atoms with Crippen molar-refractivity contribution in [2.45, 2.75) is 19.0 Å². The Bertz CT molecular complexity index is 1050. The molecular weight excluding hydrogens is 320 g/mol. The average molecular weight is 342 g/mol. The zero-order chi connectivity index (χ0) is 17.5. The van der Waals surface area contributed by atoms with E-state index in [4.69, 9.17) is 0 Å². The van der Waals surface area contributed by atoms with Crippen LogP contribution in [0, 0.1) is 0 Å². The first-order valence-corrected chi connectivity index (χ1v) is 9.10. The fourth-order valence-electron chi connectivity index (χ4n) is 4.14. The number of hydrogen-bond donors (Lipinski definition) is 1. The topological polar surface area (TPSA) is 36.9 Å². The minimum Gasteiger partial charge on any atom is -0.350 e. The van der Waals surface area contributed by atoms with Gasteiger partial charge < -0.3 is 9.47 Å². The second-order valence-electron chi connectivity index (χ2n) is 7.35. The molecule has 5 rings (SSSR count). The van der Waals surface area contributed by atoms with Gasteiger partial charge in [0.2, 0.25) is 0 Å². The normalized spacial score (nSPS) is 17.5. The summed E-state index contributed by atoms with van der Waals surface area (Å²) in [4.78, 5) is 2.42. The van der Waals surface area contributed by atoms with Gasteiger partial charge in [0, 0.05) is 43.3 Å². The highest BCUT2D eigenvalue weighted by Crippen LogP contribution is 2.34. The van der Waals surface area contributed by atoms with E-state index >= 15 is 0 Å². The third kappa shape index (κ3) is 2.72.